The normalized spacial score (nSPS) is 27.8. The third-order valence-corrected chi connectivity index (χ3v) is 7.40. The Kier molecular flexibility index (Phi) is 4.52. The molecule has 3 aliphatic rings. The molecule has 144 valence electrons. The number of anilines is 1. The highest BCUT2D eigenvalue weighted by molar-refractivity contribution is 14.1. The maximum atomic E-state index is 13.4. The zero-order valence-corrected chi connectivity index (χ0v) is 18.3. The molecule has 0 aromatic heterocycles. The summed E-state index contributed by atoms with van der Waals surface area (Å²) in [7, 11) is 0. The molecule has 2 aromatic rings. The largest absolute Gasteiger partial charge is 0.343 e. The fraction of sp³-hybridized carbons (Fsp3) is 0.286. The summed E-state index contributed by atoms with van der Waals surface area (Å²) in [6.45, 7) is 1.07. The van der Waals surface area contributed by atoms with Crippen molar-refractivity contribution in [2.75, 3.05) is 18.5 Å². The van der Waals surface area contributed by atoms with Gasteiger partial charge >= 0.3 is 0 Å². The number of carbonyl (C=O) groups excluding carboxylic acids is 1. The van der Waals surface area contributed by atoms with Crippen molar-refractivity contribution in [1.82, 2.24) is 0 Å². The third-order valence-electron chi connectivity index (χ3n) is 5.80. The van der Waals surface area contributed by atoms with Gasteiger partial charge in [-0.15, -0.1) is 0 Å². The molecule has 28 heavy (non-hydrogen) atoms. The fourth-order valence-corrected chi connectivity index (χ4v) is 5.96. The van der Waals surface area contributed by atoms with Gasteiger partial charge in [-0.1, -0.05) is 41.4 Å². The van der Waals surface area contributed by atoms with Crippen LogP contribution in [-0.2, 0) is 19.7 Å². The second-order valence-corrected chi connectivity index (χ2v) is 9.30. The van der Waals surface area contributed by atoms with E-state index in [0.717, 1.165) is 20.4 Å². The van der Waals surface area contributed by atoms with Crippen molar-refractivity contribution >= 4 is 57.4 Å². The lowest BCUT2D eigenvalue weighted by Gasteiger charge is -2.44. The third kappa shape index (κ3) is 2.67. The van der Waals surface area contributed by atoms with Gasteiger partial charge in [0.2, 0.25) is 11.7 Å². The topological polar surface area (TPSA) is 47.6 Å². The molecule has 1 N–H and O–H groups in total. The molecule has 2 spiro atoms. The molecule has 2 aromatic carbocycles. The highest BCUT2D eigenvalue weighted by Crippen LogP contribution is 2.58. The Labute approximate surface area is 186 Å². The molecule has 0 unspecified atom stereocenters. The maximum absolute atomic E-state index is 13.4. The van der Waals surface area contributed by atoms with E-state index in [-0.39, 0.29) is 11.8 Å². The highest BCUT2D eigenvalue weighted by atomic mass is 127. The first-order valence-electron chi connectivity index (χ1n) is 8.98. The molecule has 2 heterocycles. The first-order chi connectivity index (χ1) is 13.4. The average molecular weight is 528 g/mol. The molecule has 2 aliphatic heterocycles. The molecule has 1 saturated heterocycles. The van der Waals surface area contributed by atoms with E-state index in [9.17, 15) is 4.79 Å². The van der Waals surface area contributed by atoms with Crippen LogP contribution in [-0.4, -0.2) is 24.9 Å². The summed E-state index contributed by atoms with van der Waals surface area (Å²) < 4.78 is 13.0. The van der Waals surface area contributed by atoms with Crippen LogP contribution in [0.5, 0.6) is 0 Å². The lowest BCUT2D eigenvalue weighted by Crippen LogP contribution is -2.48. The molecule has 2 atom stereocenters. The Bertz CT molecular complexity index is 1020. The number of carbonyl (C=O) groups is 1. The Morgan fingerprint density at radius 1 is 1.07 bits per heavy atom. The summed E-state index contributed by atoms with van der Waals surface area (Å²) >= 11 is 14.7. The van der Waals surface area contributed by atoms with Crippen molar-refractivity contribution in [2.24, 2.45) is 0 Å². The number of fused-ring (bicyclic) bond motifs is 2. The summed E-state index contributed by atoms with van der Waals surface area (Å²) in [6, 6.07) is 13.2. The van der Waals surface area contributed by atoms with Crippen molar-refractivity contribution in [3.8, 4) is 0 Å². The van der Waals surface area contributed by atoms with Gasteiger partial charge in [-0.05, 0) is 64.1 Å². The smallest absolute Gasteiger partial charge is 0.239 e. The van der Waals surface area contributed by atoms with E-state index in [2.05, 4.69) is 27.9 Å². The minimum atomic E-state index is -0.873. The molecule has 5 rings (SSSR count). The molecular formula is C21H16Cl2INO3. The zero-order valence-electron chi connectivity index (χ0n) is 14.7. The van der Waals surface area contributed by atoms with Gasteiger partial charge in [0.05, 0.1) is 13.2 Å². The van der Waals surface area contributed by atoms with Gasteiger partial charge in [-0.3, -0.25) is 4.79 Å². The summed E-state index contributed by atoms with van der Waals surface area (Å²) in [5, 5.41) is 4.25. The fourth-order valence-electron chi connectivity index (χ4n) is 4.57. The number of nitrogens with one attached hydrogen (secondary N) is 1. The Hall–Kier alpha value is -1.12. The lowest BCUT2D eigenvalue weighted by atomic mass is 9.63. The summed E-state index contributed by atoms with van der Waals surface area (Å²) in [4.78, 5) is 13.4. The number of halogens is 3. The van der Waals surface area contributed by atoms with E-state index in [1.165, 1.54) is 0 Å². The van der Waals surface area contributed by atoms with Crippen LogP contribution in [0, 0.1) is 0 Å². The van der Waals surface area contributed by atoms with Crippen LogP contribution in [0.25, 0.3) is 0 Å². The molecule has 7 heteroatoms. The maximum Gasteiger partial charge on any atom is 0.239 e. The lowest BCUT2D eigenvalue weighted by molar-refractivity contribution is -0.139. The van der Waals surface area contributed by atoms with E-state index in [1.54, 1.807) is 6.07 Å². The van der Waals surface area contributed by atoms with Crippen molar-refractivity contribution in [3.05, 3.63) is 73.3 Å². The molecule has 1 fully saturated rings. The van der Waals surface area contributed by atoms with Gasteiger partial charge < -0.3 is 14.8 Å². The van der Waals surface area contributed by atoms with Crippen LogP contribution in [0.1, 0.15) is 23.5 Å². The minimum Gasteiger partial charge on any atom is -0.343 e. The highest BCUT2D eigenvalue weighted by Gasteiger charge is 2.59. The molecule has 1 aliphatic carbocycles. The summed E-state index contributed by atoms with van der Waals surface area (Å²) in [5.41, 5.74) is 1.76. The molecule has 0 bridgehead atoms. The number of hydrogen-bond donors (Lipinski definition) is 1. The van der Waals surface area contributed by atoms with Gasteiger partial charge in [-0.25, -0.2) is 0 Å². The molecule has 0 saturated carbocycles. The second-order valence-electron chi connectivity index (χ2n) is 7.27. The van der Waals surface area contributed by atoms with Crippen LogP contribution in [0.4, 0.5) is 5.69 Å². The van der Waals surface area contributed by atoms with E-state index < -0.39 is 11.2 Å². The van der Waals surface area contributed by atoms with E-state index in [0.29, 0.717) is 29.7 Å². The number of benzene rings is 2. The van der Waals surface area contributed by atoms with Gasteiger partial charge in [-0.2, -0.15) is 0 Å². The van der Waals surface area contributed by atoms with Crippen LogP contribution in [0.3, 0.4) is 0 Å². The minimum absolute atomic E-state index is 0.0724. The molecule has 1 amide bonds. The number of hydrogen-bond acceptors (Lipinski definition) is 3. The molecule has 0 radical (unpaired) electrons. The number of amides is 1. The quantitative estimate of drug-likeness (QED) is 0.503. The van der Waals surface area contributed by atoms with Crippen LogP contribution in [0.15, 0.2) is 52.1 Å². The van der Waals surface area contributed by atoms with Crippen LogP contribution in [0.2, 0.25) is 10.0 Å². The first-order valence-corrected chi connectivity index (χ1v) is 10.8. The second kappa shape index (κ2) is 6.71. The number of rotatable bonds is 1. The van der Waals surface area contributed by atoms with Gasteiger partial charge in [0, 0.05) is 31.7 Å². The summed E-state index contributed by atoms with van der Waals surface area (Å²) in [5.74, 6) is -1.09. The monoisotopic (exact) mass is 527 g/mol. The summed E-state index contributed by atoms with van der Waals surface area (Å²) in [6.07, 6.45) is 2.53. The average Bonchev–Trinajstić information content (AvgIpc) is 3.23. The Morgan fingerprint density at radius 3 is 2.57 bits per heavy atom. The van der Waals surface area contributed by atoms with Crippen LogP contribution >= 0.6 is 45.8 Å². The van der Waals surface area contributed by atoms with Crippen LogP contribution < -0.4 is 5.32 Å². The Balaban J connectivity index is 1.77. The first kappa shape index (κ1) is 18.9. The SMILES string of the molecule is O=C1Nc2cc(Cl)ccc2[C@]12C=C(I)C1(C[C@H]2c2cccc(Cl)c2)OCCO1. The van der Waals surface area contributed by atoms with Gasteiger partial charge in [0.25, 0.3) is 0 Å². The van der Waals surface area contributed by atoms with Crippen molar-refractivity contribution in [2.45, 2.75) is 23.5 Å². The van der Waals surface area contributed by atoms with E-state index >= 15 is 0 Å². The zero-order chi connectivity index (χ0) is 19.5. The van der Waals surface area contributed by atoms with E-state index in [4.69, 9.17) is 32.7 Å². The molecular weight excluding hydrogens is 512 g/mol. The van der Waals surface area contributed by atoms with Crippen molar-refractivity contribution in [1.29, 1.82) is 0 Å². The Morgan fingerprint density at radius 2 is 1.82 bits per heavy atom. The predicted octanol–water partition coefficient (Wildman–Crippen LogP) is 5.43. The number of ether oxygens (including phenoxy) is 2. The molecule has 4 nitrogen and oxygen atoms in total. The van der Waals surface area contributed by atoms with Crippen molar-refractivity contribution in [3.63, 3.8) is 0 Å². The van der Waals surface area contributed by atoms with Crippen molar-refractivity contribution < 1.29 is 14.3 Å². The van der Waals surface area contributed by atoms with E-state index in [1.807, 2.05) is 42.5 Å². The standard InChI is InChI=1S/C21H16Cl2INO3/c22-13-3-1-2-12(8-13)16-10-21(27-6-7-28-21)18(24)11-20(16)15-5-4-14(23)9-17(15)25-19(20)26/h1-5,8-9,11,16H,6-7,10H2,(H,25,26)/t16-,20-/m0/s1. The predicted molar refractivity (Wildman–Crippen MR) is 117 cm³/mol. The van der Waals surface area contributed by atoms with Gasteiger partial charge in [0.1, 0.15) is 5.41 Å². The van der Waals surface area contributed by atoms with Gasteiger partial charge in [0.15, 0.2) is 0 Å².